The molecule has 1 aromatic carbocycles. The zero-order valence-corrected chi connectivity index (χ0v) is 20.3. The molecule has 0 saturated heterocycles. The van der Waals surface area contributed by atoms with Crippen LogP contribution in [-0.2, 0) is 14.3 Å². The van der Waals surface area contributed by atoms with E-state index in [4.69, 9.17) is 15.2 Å². The molecule has 0 spiro atoms. The zero-order chi connectivity index (χ0) is 24.0. The van der Waals surface area contributed by atoms with Gasteiger partial charge < -0.3 is 20.5 Å². The van der Waals surface area contributed by atoms with Crippen LogP contribution in [0.15, 0.2) is 29.3 Å². The van der Waals surface area contributed by atoms with Gasteiger partial charge in [0.05, 0.1) is 18.0 Å². The van der Waals surface area contributed by atoms with Gasteiger partial charge in [-0.15, -0.1) is 0 Å². The Morgan fingerprint density at radius 1 is 1.33 bits per heavy atom. The molecular weight excluding hydrogens is 420 g/mol. The van der Waals surface area contributed by atoms with E-state index >= 15 is 0 Å². The minimum Gasteiger partial charge on any atom is -0.487 e. The van der Waals surface area contributed by atoms with Crippen LogP contribution in [0.25, 0.3) is 0 Å². The average molecular weight is 457 g/mol. The number of para-hydroxylation sites is 1. The number of aliphatic imine (C=N–C) groups is 1. The standard InChI is InChI=1S/C25H36N4O4/c1-24(2)14-21(30)29(23(26)28-24)19(10-11-32-5)16-12-17(16)22(31)27-18-13-25(3,4)33-20-9-7-6-8-15(18)20/h6-9,16-19H,10-14H2,1-5H3,(H2,26,28)(H,27,31)/t16?,17?,18-,19+/m0/s1. The Hall–Kier alpha value is -2.61. The molecule has 2 amide bonds. The summed E-state index contributed by atoms with van der Waals surface area (Å²) in [6.45, 7) is 8.36. The number of amides is 2. The monoisotopic (exact) mass is 456 g/mol. The van der Waals surface area contributed by atoms with Gasteiger partial charge in [-0.3, -0.25) is 14.5 Å². The fourth-order valence-corrected chi connectivity index (χ4v) is 5.27. The summed E-state index contributed by atoms with van der Waals surface area (Å²) in [6.07, 6.45) is 2.32. The van der Waals surface area contributed by atoms with Crippen molar-refractivity contribution in [2.45, 2.75) is 76.6 Å². The molecule has 1 aromatic rings. The number of ether oxygens (including phenoxy) is 2. The van der Waals surface area contributed by atoms with Gasteiger partial charge in [0.2, 0.25) is 11.8 Å². The minimum atomic E-state index is -0.507. The lowest BCUT2D eigenvalue weighted by Gasteiger charge is -2.38. The molecule has 180 valence electrons. The van der Waals surface area contributed by atoms with Gasteiger partial charge in [0.15, 0.2) is 5.96 Å². The van der Waals surface area contributed by atoms with E-state index in [1.165, 1.54) is 0 Å². The number of rotatable bonds is 7. The smallest absolute Gasteiger partial charge is 0.231 e. The first-order valence-electron chi connectivity index (χ1n) is 11.8. The van der Waals surface area contributed by atoms with Gasteiger partial charge in [-0.1, -0.05) is 18.2 Å². The van der Waals surface area contributed by atoms with E-state index in [0.717, 1.165) is 17.7 Å². The lowest BCUT2D eigenvalue weighted by Crippen LogP contribution is -2.55. The van der Waals surface area contributed by atoms with Crippen molar-refractivity contribution in [3.63, 3.8) is 0 Å². The molecule has 1 aliphatic carbocycles. The molecule has 1 saturated carbocycles. The minimum absolute atomic E-state index is 0.0141. The van der Waals surface area contributed by atoms with Crippen LogP contribution in [0.4, 0.5) is 0 Å². The fourth-order valence-electron chi connectivity index (χ4n) is 5.27. The van der Waals surface area contributed by atoms with Crippen molar-refractivity contribution in [1.29, 1.82) is 0 Å². The van der Waals surface area contributed by atoms with Gasteiger partial charge in [0.25, 0.3) is 0 Å². The van der Waals surface area contributed by atoms with Crippen molar-refractivity contribution < 1.29 is 19.1 Å². The van der Waals surface area contributed by atoms with Crippen LogP contribution in [0.2, 0.25) is 0 Å². The van der Waals surface area contributed by atoms with Crippen molar-refractivity contribution in [3.05, 3.63) is 29.8 Å². The fraction of sp³-hybridized carbons (Fsp3) is 0.640. The second kappa shape index (κ2) is 8.63. The van der Waals surface area contributed by atoms with Crippen LogP contribution < -0.4 is 15.8 Å². The van der Waals surface area contributed by atoms with Crippen molar-refractivity contribution >= 4 is 17.8 Å². The number of nitrogens with two attached hydrogens (primary N) is 1. The molecule has 4 rings (SSSR count). The number of fused-ring (bicyclic) bond motifs is 1. The third-order valence-electron chi connectivity index (χ3n) is 6.83. The quantitative estimate of drug-likeness (QED) is 0.656. The third kappa shape index (κ3) is 5.00. The molecule has 8 nitrogen and oxygen atoms in total. The summed E-state index contributed by atoms with van der Waals surface area (Å²) in [4.78, 5) is 32.4. The molecule has 3 aliphatic rings. The molecule has 8 heteroatoms. The number of hydrogen-bond donors (Lipinski definition) is 2. The van der Waals surface area contributed by atoms with E-state index < -0.39 is 5.54 Å². The van der Waals surface area contributed by atoms with Crippen LogP contribution in [0, 0.1) is 11.8 Å². The molecule has 0 bridgehead atoms. The van der Waals surface area contributed by atoms with E-state index in [9.17, 15) is 9.59 Å². The molecule has 3 N–H and O–H groups in total. The van der Waals surface area contributed by atoms with Gasteiger partial charge in [0, 0.05) is 37.7 Å². The molecular formula is C25H36N4O4. The van der Waals surface area contributed by atoms with Gasteiger partial charge in [-0.05, 0) is 52.5 Å². The van der Waals surface area contributed by atoms with Crippen LogP contribution in [0.1, 0.15) is 65.0 Å². The molecule has 2 unspecified atom stereocenters. The van der Waals surface area contributed by atoms with Crippen molar-refractivity contribution in [2.24, 2.45) is 22.6 Å². The number of nitrogens with zero attached hydrogens (tertiary/aromatic N) is 2. The number of hydrogen-bond acceptors (Lipinski definition) is 6. The zero-order valence-electron chi connectivity index (χ0n) is 20.3. The molecule has 2 aliphatic heterocycles. The Bertz CT molecular complexity index is 957. The number of benzene rings is 1. The number of methoxy groups -OCH3 is 1. The first-order chi connectivity index (χ1) is 15.5. The van der Waals surface area contributed by atoms with Crippen LogP contribution in [0.5, 0.6) is 5.75 Å². The van der Waals surface area contributed by atoms with E-state index in [-0.39, 0.29) is 47.3 Å². The first kappa shape index (κ1) is 23.5. The summed E-state index contributed by atoms with van der Waals surface area (Å²) < 4.78 is 11.4. The Labute approximate surface area is 195 Å². The Kier molecular flexibility index (Phi) is 6.16. The molecule has 33 heavy (non-hydrogen) atoms. The molecule has 4 atom stereocenters. The van der Waals surface area contributed by atoms with Gasteiger partial charge >= 0.3 is 0 Å². The van der Waals surface area contributed by atoms with Crippen molar-refractivity contribution in [2.75, 3.05) is 13.7 Å². The summed E-state index contributed by atoms with van der Waals surface area (Å²) in [6, 6.07) is 7.55. The first-order valence-corrected chi connectivity index (χ1v) is 11.8. The summed E-state index contributed by atoms with van der Waals surface area (Å²) in [5, 5.41) is 3.26. The SMILES string of the molecule is COCC[C@H](C1CC1C(=O)N[C@H]1CC(C)(C)Oc2ccccc21)N1C(=O)CC(C)(C)N=C1N. The van der Waals surface area contributed by atoms with E-state index in [1.807, 2.05) is 52.0 Å². The number of carbonyl (C=O) groups excluding carboxylic acids is 2. The lowest BCUT2D eigenvalue weighted by atomic mass is 9.89. The Morgan fingerprint density at radius 2 is 2.06 bits per heavy atom. The second-order valence-electron chi connectivity index (χ2n) is 10.7. The highest BCUT2D eigenvalue weighted by Crippen LogP contribution is 2.46. The highest BCUT2D eigenvalue weighted by Gasteiger charge is 2.52. The maximum absolute atomic E-state index is 13.3. The Morgan fingerprint density at radius 3 is 2.76 bits per heavy atom. The summed E-state index contributed by atoms with van der Waals surface area (Å²) in [5.74, 6) is 0.890. The largest absolute Gasteiger partial charge is 0.487 e. The molecule has 2 heterocycles. The van der Waals surface area contributed by atoms with Gasteiger partial charge in [0.1, 0.15) is 11.4 Å². The van der Waals surface area contributed by atoms with Crippen LogP contribution in [0.3, 0.4) is 0 Å². The van der Waals surface area contributed by atoms with E-state index in [2.05, 4.69) is 10.3 Å². The van der Waals surface area contributed by atoms with Crippen molar-refractivity contribution in [3.8, 4) is 5.75 Å². The topological polar surface area (TPSA) is 106 Å². The summed E-state index contributed by atoms with van der Waals surface area (Å²) >= 11 is 0. The lowest BCUT2D eigenvalue weighted by molar-refractivity contribution is -0.132. The Balaban J connectivity index is 1.49. The summed E-state index contributed by atoms with van der Waals surface area (Å²) in [5.41, 5.74) is 6.37. The normalized spacial score (nSPS) is 28.3. The predicted molar refractivity (Wildman–Crippen MR) is 126 cm³/mol. The predicted octanol–water partition coefficient (Wildman–Crippen LogP) is 2.77. The molecule has 0 radical (unpaired) electrons. The number of nitrogens with one attached hydrogen (secondary N) is 1. The van der Waals surface area contributed by atoms with Crippen LogP contribution in [-0.4, -0.2) is 53.6 Å². The summed E-state index contributed by atoms with van der Waals surface area (Å²) in [7, 11) is 1.64. The number of guanidine groups is 1. The third-order valence-corrected chi connectivity index (χ3v) is 6.83. The second-order valence-corrected chi connectivity index (χ2v) is 10.7. The van der Waals surface area contributed by atoms with Gasteiger partial charge in [-0.25, -0.2) is 4.99 Å². The van der Waals surface area contributed by atoms with Crippen molar-refractivity contribution in [1.82, 2.24) is 10.2 Å². The highest BCUT2D eigenvalue weighted by atomic mass is 16.5. The molecule has 0 aromatic heterocycles. The molecule has 1 fully saturated rings. The highest BCUT2D eigenvalue weighted by molar-refractivity contribution is 5.99. The van der Waals surface area contributed by atoms with Gasteiger partial charge in [-0.2, -0.15) is 0 Å². The van der Waals surface area contributed by atoms with Crippen LogP contribution >= 0.6 is 0 Å². The maximum atomic E-state index is 13.3. The van der Waals surface area contributed by atoms with E-state index in [1.54, 1.807) is 12.0 Å². The average Bonchev–Trinajstić information content (AvgIpc) is 3.49. The van der Waals surface area contributed by atoms with E-state index in [0.29, 0.717) is 25.9 Å². The number of carbonyl (C=O) groups is 2. The maximum Gasteiger partial charge on any atom is 0.231 e.